The van der Waals surface area contributed by atoms with Crippen LogP contribution in [0, 0.1) is 5.92 Å². The second-order valence-electron chi connectivity index (χ2n) is 13.4. The highest BCUT2D eigenvalue weighted by Crippen LogP contribution is 2.65. The number of aromatic hydroxyl groups is 1. The number of rotatable bonds is 6. The lowest BCUT2D eigenvalue weighted by atomic mass is 9.65. The van der Waals surface area contributed by atoms with Gasteiger partial charge in [-0.05, 0) is 52.9 Å². The summed E-state index contributed by atoms with van der Waals surface area (Å²) in [5, 5.41) is 24.6. The minimum absolute atomic E-state index is 0.0315. The lowest BCUT2D eigenvalue weighted by Gasteiger charge is -2.46. The van der Waals surface area contributed by atoms with Crippen LogP contribution < -0.4 is 10.2 Å². The molecule has 52 heavy (non-hydrogen) atoms. The zero-order chi connectivity index (χ0) is 36.1. The number of carboxylic acids is 1. The summed E-state index contributed by atoms with van der Waals surface area (Å²) in [6, 6.07) is 36.2. The maximum absolute atomic E-state index is 15.5. The van der Waals surface area contributed by atoms with E-state index >= 15 is 4.79 Å². The molecular formula is C42H35N3O7. The lowest BCUT2D eigenvalue weighted by Crippen LogP contribution is -2.54. The summed E-state index contributed by atoms with van der Waals surface area (Å²) in [4.78, 5) is 61.0. The average molecular weight is 694 g/mol. The molecule has 7 atom stereocenters. The fourth-order valence-electron chi connectivity index (χ4n) is 8.57. The number of ether oxygens (including phenoxy) is 1. The first kappa shape index (κ1) is 32.9. The predicted molar refractivity (Wildman–Crippen MR) is 191 cm³/mol. The van der Waals surface area contributed by atoms with Gasteiger partial charge in [0.25, 0.3) is 0 Å². The van der Waals surface area contributed by atoms with Gasteiger partial charge in [-0.3, -0.25) is 19.3 Å². The smallest absolute Gasteiger partial charge is 0.329 e. The number of para-hydroxylation sites is 1. The number of imide groups is 1. The number of aliphatic carboxylic acids is 1. The van der Waals surface area contributed by atoms with Crippen LogP contribution in [0.4, 0.5) is 10.5 Å². The van der Waals surface area contributed by atoms with Gasteiger partial charge in [0.15, 0.2) is 0 Å². The van der Waals surface area contributed by atoms with Gasteiger partial charge in [-0.25, -0.2) is 9.69 Å². The molecule has 2 saturated heterocycles. The summed E-state index contributed by atoms with van der Waals surface area (Å²) in [5.41, 5.74) is 1.27. The number of hydrogen-bond acceptors (Lipinski definition) is 7. The summed E-state index contributed by atoms with van der Waals surface area (Å²) in [7, 11) is 0. The van der Waals surface area contributed by atoms with E-state index in [-0.39, 0.29) is 11.4 Å². The second kappa shape index (κ2) is 12.8. The van der Waals surface area contributed by atoms with E-state index in [0.717, 1.165) is 16.0 Å². The van der Waals surface area contributed by atoms with Crippen LogP contribution in [0.3, 0.4) is 0 Å². The molecule has 5 aromatic rings. The standard InChI is InChI=1S/C42H35N3O7/c1-25(26-13-5-2-6-14-26)43-41(51)44-32-20-12-11-19-31(32)42(40(44)50)33(38(47)48)35-39(49)52-36(28-17-9-4-10-18-28)34(27-15-7-3-8-16-27)45(35)37(42)29-21-23-30(46)24-22-29/h2-25,33-37,46H,1H3,(H,43,51)(H,47,48). The maximum Gasteiger partial charge on any atom is 0.329 e. The molecule has 0 aromatic heterocycles. The number of phenolic OH excluding ortho intramolecular Hbond substituents is 1. The molecule has 8 rings (SSSR count). The van der Waals surface area contributed by atoms with Crippen LogP contribution in [0.2, 0.25) is 0 Å². The van der Waals surface area contributed by atoms with Crippen LogP contribution in [-0.4, -0.2) is 45.0 Å². The normalized spacial score (nSPS) is 25.6. The zero-order valence-corrected chi connectivity index (χ0v) is 28.1. The van der Waals surface area contributed by atoms with Gasteiger partial charge in [0, 0.05) is 0 Å². The van der Waals surface area contributed by atoms with Crippen molar-refractivity contribution in [3.63, 3.8) is 0 Å². The number of amides is 3. The number of fused-ring (bicyclic) bond motifs is 3. The van der Waals surface area contributed by atoms with E-state index in [2.05, 4.69) is 5.32 Å². The largest absolute Gasteiger partial charge is 0.508 e. The Labute approximate surface area is 299 Å². The van der Waals surface area contributed by atoms with Crippen molar-refractivity contribution in [3.05, 3.63) is 167 Å². The van der Waals surface area contributed by atoms with Crippen LogP contribution in [0.1, 0.15) is 59.0 Å². The Hall–Kier alpha value is -6.26. The number of cyclic esters (lactones) is 1. The molecule has 10 nitrogen and oxygen atoms in total. The van der Waals surface area contributed by atoms with E-state index in [4.69, 9.17) is 4.74 Å². The quantitative estimate of drug-likeness (QED) is 0.169. The first-order chi connectivity index (χ1) is 25.2. The Morgan fingerprint density at radius 1 is 0.731 bits per heavy atom. The number of nitrogens with one attached hydrogen (secondary N) is 1. The number of phenols is 1. The van der Waals surface area contributed by atoms with Gasteiger partial charge in [0.2, 0.25) is 5.91 Å². The highest BCUT2D eigenvalue weighted by atomic mass is 16.6. The number of morpholine rings is 1. The third-order valence-electron chi connectivity index (χ3n) is 10.7. The number of anilines is 1. The van der Waals surface area contributed by atoms with Crippen molar-refractivity contribution in [2.75, 3.05) is 4.90 Å². The Morgan fingerprint density at radius 3 is 1.94 bits per heavy atom. The van der Waals surface area contributed by atoms with Crippen molar-refractivity contribution >= 4 is 29.6 Å². The minimum Gasteiger partial charge on any atom is -0.508 e. The Kier molecular flexibility index (Phi) is 8.11. The highest BCUT2D eigenvalue weighted by molar-refractivity contribution is 6.24. The number of carboxylic acid groups (broad SMARTS) is 1. The van der Waals surface area contributed by atoms with Crippen molar-refractivity contribution < 1.29 is 34.1 Å². The Bertz CT molecular complexity index is 2160. The van der Waals surface area contributed by atoms with Gasteiger partial charge in [-0.2, -0.15) is 0 Å². The van der Waals surface area contributed by atoms with Gasteiger partial charge >= 0.3 is 18.0 Å². The number of nitrogens with zero attached hydrogens (tertiary/aromatic N) is 2. The molecule has 3 N–H and O–H groups in total. The van der Waals surface area contributed by atoms with E-state index in [1.165, 1.54) is 12.1 Å². The molecule has 1 spiro atoms. The molecule has 3 heterocycles. The molecule has 3 aliphatic rings. The molecule has 7 unspecified atom stereocenters. The number of carbonyl (C=O) groups excluding carboxylic acids is 3. The molecule has 0 saturated carbocycles. The average Bonchev–Trinajstić information content (AvgIpc) is 3.63. The van der Waals surface area contributed by atoms with E-state index in [1.54, 1.807) is 43.3 Å². The third kappa shape index (κ3) is 4.97. The summed E-state index contributed by atoms with van der Waals surface area (Å²) >= 11 is 0. The van der Waals surface area contributed by atoms with Crippen molar-refractivity contribution in [3.8, 4) is 5.75 Å². The van der Waals surface area contributed by atoms with Crippen LogP contribution in [0.5, 0.6) is 5.75 Å². The number of urea groups is 1. The number of benzene rings is 5. The lowest BCUT2D eigenvalue weighted by molar-refractivity contribution is -0.179. The van der Waals surface area contributed by atoms with Crippen LogP contribution >= 0.6 is 0 Å². The molecule has 5 aromatic carbocycles. The summed E-state index contributed by atoms with van der Waals surface area (Å²) in [6.07, 6.45) is -0.880. The van der Waals surface area contributed by atoms with Crippen LogP contribution in [0.15, 0.2) is 140 Å². The molecule has 0 aliphatic carbocycles. The van der Waals surface area contributed by atoms with Gasteiger partial charge in [-0.1, -0.05) is 121 Å². The zero-order valence-electron chi connectivity index (χ0n) is 28.1. The second-order valence-corrected chi connectivity index (χ2v) is 13.4. The van der Waals surface area contributed by atoms with E-state index in [9.17, 15) is 24.6 Å². The predicted octanol–water partition coefficient (Wildman–Crippen LogP) is 6.61. The van der Waals surface area contributed by atoms with Crippen LogP contribution in [0.25, 0.3) is 0 Å². The maximum atomic E-state index is 15.5. The summed E-state index contributed by atoms with van der Waals surface area (Å²) in [6.45, 7) is 1.80. The molecule has 10 heteroatoms. The van der Waals surface area contributed by atoms with E-state index < -0.39 is 65.5 Å². The van der Waals surface area contributed by atoms with Gasteiger partial charge < -0.3 is 20.3 Å². The summed E-state index contributed by atoms with van der Waals surface area (Å²) < 4.78 is 6.25. The van der Waals surface area contributed by atoms with Crippen molar-refractivity contribution in [1.29, 1.82) is 0 Å². The highest BCUT2D eigenvalue weighted by Gasteiger charge is 2.75. The van der Waals surface area contributed by atoms with Gasteiger partial charge in [0.05, 0.1) is 23.8 Å². The fourth-order valence-corrected chi connectivity index (χ4v) is 8.57. The molecule has 0 bridgehead atoms. The number of esters is 1. The SMILES string of the molecule is CC(NC(=O)N1C(=O)C2(c3ccccc31)C(C(=O)O)C1C(=O)OC(c3ccccc3)C(c3ccccc3)N1C2c1ccc(O)cc1)c1ccccc1. The number of hydrogen-bond donors (Lipinski definition) is 3. The molecule has 3 aliphatic heterocycles. The van der Waals surface area contributed by atoms with E-state index in [1.807, 2.05) is 95.9 Å². The van der Waals surface area contributed by atoms with Crippen molar-refractivity contribution in [1.82, 2.24) is 10.2 Å². The summed E-state index contributed by atoms with van der Waals surface area (Å²) in [5.74, 6) is -4.67. The topological polar surface area (TPSA) is 136 Å². The van der Waals surface area contributed by atoms with Crippen LogP contribution in [-0.2, 0) is 24.5 Å². The van der Waals surface area contributed by atoms with Gasteiger partial charge in [-0.15, -0.1) is 0 Å². The van der Waals surface area contributed by atoms with Gasteiger partial charge in [0.1, 0.15) is 29.2 Å². The molecular weight excluding hydrogens is 658 g/mol. The molecule has 0 radical (unpaired) electrons. The Morgan fingerprint density at radius 2 is 1.31 bits per heavy atom. The number of carbonyl (C=O) groups is 4. The first-order valence-electron chi connectivity index (χ1n) is 17.1. The third-order valence-corrected chi connectivity index (χ3v) is 10.7. The molecule has 2 fully saturated rings. The minimum atomic E-state index is -1.99. The first-order valence-corrected chi connectivity index (χ1v) is 17.1. The van der Waals surface area contributed by atoms with E-state index in [0.29, 0.717) is 16.7 Å². The fraction of sp³-hybridized carbons (Fsp3) is 0.190. The monoisotopic (exact) mass is 693 g/mol. The Balaban J connectivity index is 1.37. The van der Waals surface area contributed by atoms with Crippen molar-refractivity contribution in [2.24, 2.45) is 5.92 Å². The molecule has 3 amide bonds. The van der Waals surface area contributed by atoms with Crippen molar-refractivity contribution in [2.45, 2.75) is 42.6 Å². The molecule has 260 valence electrons.